The van der Waals surface area contributed by atoms with Gasteiger partial charge in [-0.2, -0.15) is 0 Å². The van der Waals surface area contributed by atoms with Crippen LogP contribution in [0.2, 0.25) is 6.04 Å². The molecule has 0 aromatic carbocycles. The zero-order chi connectivity index (χ0) is 14.4. The second kappa shape index (κ2) is 13.2. The highest BCUT2D eigenvalue weighted by Crippen LogP contribution is 2.11. The van der Waals surface area contributed by atoms with Crippen molar-refractivity contribution in [2.24, 2.45) is 0 Å². The molecule has 7 heteroatoms. The average molecular weight is 311 g/mol. The second-order valence-electron chi connectivity index (χ2n) is 3.91. The lowest BCUT2D eigenvalue weighted by molar-refractivity contribution is -0.0247. The van der Waals surface area contributed by atoms with Crippen LogP contribution in [-0.2, 0) is 22.1 Å². The summed E-state index contributed by atoms with van der Waals surface area (Å²) >= 11 is 0. The quantitative estimate of drug-likeness (QED) is 0.641. The van der Waals surface area contributed by atoms with Crippen molar-refractivity contribution < 1.29 is 22.1 Å². The van der Waals surface area contributed by atoms with Crippen molar-refractivity contribution in [1.29, 1.82) is 0 Å². The fourth-order valence-corrected chi connectivity index (χ4v) is 4.73. The Kier molecular flexibility index (Phi) is 13.4. The van der Waals surface area contributed by atoms with E-state index in [0.717, 1.165) is 6.61 Å². The lowest BCUT2D eigenvalue weighted by Crippen LogP contribution is -2.49. The molecule has 0 amide bonds. The first-order valence-corrected chi connectivity index (χ1v) is 10.6. The Hall–Kier alpha value is 0.234. The van der Waals surface area contributed by atoms with Crippen molar-refractivity contribution in [2.45, 2.75) is 46.6 Å². The minimum absolute atomic E-state index is 0.00849. The van der Waals surface area contributed by atoms with Crippen molar-refractivity contribution in [3.63, 3.8) is 0 Å². The van der Waals surface area contributed by atoms with Gasteiger partial charge in [-0.25, -0.2) is 0 Å². The van der Waals surface area contributed by atoms with Crippen LogP contribution in [0, 0.1) is 0 Å². The largest absolute Gasteiger partial charge is 0.679 e. The van der Waals surface area contributed by atoms with Gasteiger partial charge in [-0.05, 0) is 40.2 Å². The first-order chi connectivity index (χ1) is 9.24. The van der Waals surface area contributed by atoms with Gasteiger partial charge in [-0.1, -0.05) is 6.42 Å². The summed E-state index contributed by atoms with van der Waals surface area (Å²) < 4.78 is 26.9. The van der Waals surface area contributed by atoms with Crippen LogP contribution in [0.4, 0.5) is 0 Å². The monoisotopic (exact) mass is 310 g/mol. The molecular weight excluding hydrogens is 280 g/mol. The van der Waals surface area contributed by atoms with Crippen LogP contribution in [0.25, 0.3) is 0 Å². The molecule has 1 heterocycles. The summed E-state index contributed by atoms with van der Waals surface area (Å²) in [7, 11) is -2.79. The van der Waals surface area contributed by atoms with Gasteiger partial charge in [0.2, 0.25) is 0 Å². The number of hydrogen-bond donors (Lipinski definition) is 0. The van der Waals surface area contributed by atoms with Gasteiger partial charge >= 0.3 is 9.05 Å². The molecule has 116 valence electrons. The van der Waals surface area contributed by atoms with Crippen LogP contribution in [0.15, 0.2) is 0 Å². The van der Waals surface area contributed by atoms with E-state index in [4.69, 9.17) is 22.1 Å². The minimum atomic E-state index is -2.80. The van der Waals surface area contributed by atoms with Gasteiger partial charge in [0.15, 0.2) is 9.76 Å². The molecule has 0 aromatic rings. The summed E-state index contributed by atoms with van der Waals surface area (Å²) in [6, 6.07) is 1.42. The van der Waals surface area contributed by atoms with Gasteiger partial charge in [0, 0.05) is 33.0 Å². The smallest absolute Gasteiger partial charge is 0.424 e. The summed E-state index contributed by atoms with van der Waals surface area (Å²) in [6.45, 7) is 10.9. The van der Waals surface area contributed by atoms with Gasteiger partial charge in [0.1, 0.15) is 0 Å². The molecule has 0 saturated carbocycles. The molecule has 1 rings (SSSR count). The van der Waals surface area contributed by atoms with E-state index in [9.17, 15) is 0 Å². The Morgan fingerprint density at radius 2 is 1.32 bits per heavy atom. The van der Waals surface area contributed by atoms with Crippen molar-refractivity contribution in [2.75, 3.05) is 33.0 Å². The van der Waals surface area contributed by atoms with E-state index in [1.807, 2.05) is 27.7 Å². The third-order valence-electron chi connectivity index (χ3n) is 2.36. The molecule has 0 aromatic heterocycles. The molecule has 0 N–H and O–H groups in total. The molecule has 1 aliphatic rings. The average Bonchev–Trinajstić information content (AvgIpc) is 2.43. The van der Waals surface area contributed by atoms with E-state index in [1.165, 1.54) is 18.9 Å². The zero-order valence-electron chi connectivity index (χ0n) is 12.9. The minimum Gasteiger partial charge on any atom is -0.424 e. The van der Waals surface area contributed by atoms with E-state index in [2.05, 4.69) is 0 Å². The molecule has 0 bridgehead atoms. The first kappa shape index (κ1) is 19.2. The fraction of sp³-hybridized carbons (Fsp3) is 1.00. The van der Waals surface area contributed by atoms with Gasteiger partial charge in [0.05, 0.1) is 0 Å². The molecule has 0 aliphatic carbocycles. The van der Waals surface area contributed by atoms with Crippen molar-refractivity contribution in [1.82, 2.24) is 0 Å². The molecule has 5 nitrogen and oxygen atoms in total. The van der Waals surface area contributed by atoms with Crippen molar-refractivity contribution in [3.8, 4) is 0 Å². The fourth-order valence-electron chi connectivity index (χ4n) is 1.64. The van der Waals surface area contributed by atoms with Crippen LogP contribution in [0.1, 0.15) is 40.5 Å². The Bertz CT molecular complexity index is 150. The van der Waals surface area contributed by atoms with Gasteiger partial charge in [0.25, 0.3) is 0 Å². The molecule has 0 spiro atoms. The van der Waals surface area contributed by atoms with Crippen molar-refractivity contribution >= 4 is 18.8 Å². The van der Waals surface area contributed by atoms with E-state index in [1.54, 1.807) is 0 Å². The maximum Gasteiger partial charge on any atom is 0.679 e. The summed E-state index contributed by atoms with van der Waals surface area (Å²) in [4.78, 5) is 0. The first-order valence-electron chi connectivity index (χ1n) is 7.38. The number of hydrogen-bond acceptors (Lipinski definition) is 5. The Balaban J connectivity index is 0.000000443. The molecule has 0 radical (unpaired) electrons. The normalized spacial score (nSPS) is 17.1. The van der Waals surface area contributed by atoms with Crippen LogP contribution in [-0.4, -0.2) is 51.8 Å². The highest BCUT2D eigenvalue weighted by atomic mass is 28.4. The summed E-state index contributed by atoms with van der Waals surface area (Å²) in [5, 5.41) is 0. The van der Waals surface area contributed by atoms with E-state index >= 15 is 0 Å². The molecule has 0 atom stereocenters. The Morgan fingerprint density at radius 3 is 1.47 bits per heavy atom. The van der Waals surface area contributed by atoms with Crippen LogP contribution in [0.5, 0.6) is 0 Å². The summed E-state index contributed by atoms with van der Waals surface area (Å²) in [6.07, 6.45) is 2.75. The lowest BCUT2D eigenvalue weighted by Gasteiger charge is -2.26. The zero-order valence-corrected chi connectivity index (χ0v) is 15.3. The second-order valence-corrected chi connectivity index (χ2v) is 7.58. The third kappa shape index (κ3) is 9.72. The molecule has 19 heavy (non-hydrogen) atoms. The predicted octanol–water partition coefficient (Wildman–Crippen LogP) is 1.87. The molecule has 1 aliphatic heterocycles. The Morgan fingerprint density at radius 1 is 0.842 bits per heavy atom. The van der Waals surface area contributed by atoms with Crippen LogP contribution in [0.3, 0.4) is 0 Å². The highest BCUT2D eigenvalue weighted by Gasteiger charge is 2.44. The maximum atomic E-state index is 5.42. The van der Waals surface area contributed by atoms with E-state index in [0.29, 0.717) is 26.4 Å². The highest BCUT2D eigenvalue weighted by molar-refractivity contribution is 6.53. The molecular formula is C12H30O5Si2. The molecule has 1 saturated heterocycles. The summed E-state index contributed by atoms with van der Waals surface area (Å²) in [5.41, 5.74) is 0. The van der Waals surface area contributed by atoms with Gasteiger partial charge < -0.3 is 22.1 Å². The standard InChI is InChI=1S/C8H20O4Si.C4H10OSi/c1-5-9-13(10-6-2,11-7-3)12-8-4;1-2-4-6-5-3-1/h5-8H2,1-4H3;1-4,6H2. The molecule has 0 unspecified atom stereocenters. The molecule has 1 fully saturated rings. The van der Waals surface area contributed by atoms with Crippen LogP contribution < -0.4 is 0 Å². The van der Waals surface area contributed by atoms with Crippen LogP contribution >= 0.6 is 0 Å². The Labute approximate surface area is 121 Å². The van der Waals surface area contributed by atoms with Gasteiger partial charge in [-0.3, -0.25) is 0 Å². The predicted molar refractivity (Wildman–Crippen MR) is 80.8 cm³/mol. The van der Waals surface area contributed by atoms with Crippen molar-refractivity contribution in [3.05, 3.63) is 0 Å². The SMILES string of the molecule is C1CC[SiH2]OC1.CCO[Si](OCC)(OCC)OCC. The van der Waals surface area contributed by atoms with Gasteiger partial charge in [-0.15, -0.1) is 0 Å². The van der Waals surface area contributed by atoms with E-state index in [-0.39, 0.29) is 9.76 Å². The topological polar surface area (TPSA) is 46.2 Å². The summed E-state index contributed by atoms with van der Waals surface area (Å²) in [5.74, 6) is 0. The van der Waals surface area contributed by atoms with E-state index < -0.39 is 9.05 Å². The third-order valence-corrected chi connectivity index (χ3v) is 6.30. The number of rotatable bonds is 8. The lowest BCUT2D eigenvalue weighted by atomic mass is 10.4. The maximum absolute atomic E-state index is 5.42.